The Bertz CT molecular complexity index is 1390. The maximum Gasteiger partial charge on any atom is 0.251 e. The second-order valence-corrected chi connectivity index (χ2v) is 9.99. The molecule has 1 fully saturated rings. The zero-order valence-electron chi connectivity index (χ0n) is 21.9. The van der Waals surface area contributed by atoms with Crippen LogP contribution in [-0.4, -0.2) is 44.8 Å². The Morgan fingerprint density at radius 2 is 1.54 bits per heavy atom. The van der Waals surface area contributed by atoms with E-state index < -0.39 is 0 Å². The molecule has 0 spiro atoms. The van der Waals surface area contributed by atoms with Crippen molar-refractivity contribution in [1.82, 2.24) is 25.1 Å². The molecule has 5 rings (SSSR count). The van der Waals surface area contributed by atoms with Crippen LogP contribution in [-0.2, 0) is 11.3 Å². The first-order valence-electron chi connectivity index (χ1n) is 12.9. The third-order valence-corrected chi connectivity index (χ3v) is 7.02. The number of anilines is 1. The largest absolute Gasteiger partial charge is 0.377 e. The van der Waals surface area contributed by atoms with Gasteiger partial charge in [-0.15, -0.1) is 0 Å². The quantitative estimate of drug-likeness (QED) is 0.371. The van der Waals surface area contributed by atoms with Crippen LogP contribution in [0.4, 0.5) is 5.82 Å². The molecule has 1 aliphatic rings. The molecule has 0 saturated heterocycles. The average molecular weight is 499 g/mol. The van der Waals surface area contributed by atoms with Crippen LogP contribution in [0, 0.1) is 20.8 Å². The summed E-state index contributed by atoms with van der Waals surface area (Å²) in [6.45, 7) is 6.41. The topological polar surface area (TPSA) is 94.0 Å². The molecular formula is C29H34N6O2. The number of hydrogen-bond acceptors (Lipinski definition) is 6. The molecule has 1 amide bonds. The number of hydrogen-bond donors (Lipinski definition) is 2. The third-order valence-electron chi connectivity index (χ3n) is 7.02. The number of fused-ring (bicyclic) bond motifs is 1. The van der Waals surface area contributed by atoms with Crippen molar-refractivity contribution < 1.29 is 9.53 Å². The van der Waals surface area contributed by atoms with E-state index in [9.17, 15) is 4.79 Å². The van der Waals surface area contributed by atoms with Crippen LogP contribution in [0.1, 0.15) is 58.7 Å². The summed E-state index contributed by atoms with van der Waals surface area (Å²) in [7, 11) is 1.65. The summed E-state index contributed by atoms with van der Waals surface area (Å²) >= 11 is 0. The second-order valence-electron chi connectivity index (χ2n) is 9.99. The highest BCUT2D eigenvalue weighted by atomic mass is 16.5. The van der Waals surface area contributed by atoms with Crippen molar-refractivity contribution in [3.63, 3.8) is 0 Å². The van der Waals surface area contributed by atoms with Crippen LogP contribution in [0.25, 0.3) is 16.7 Å². The molecule has 0 atom stereocenters. The minimum Gasteiger partial charge on any atom is -0.377 e. The lowest BCUT2D eigenvalue weighted by Gasteiger charge is -2.30. The van der Waals surface area contributed by atoms with E-state index in [1.807, 2.05) is 42.8 Å². The lowest BCUT2D eigenvalue weighted by molar-refractivity contribution is 0.0926. The minimum absolute atomic E-state index is 0.00253. The van der Waals surface area contributed by atoms with E-state index in [1.165, 1.54) is 5.56 Å². The van der Waals surface area contributed by atoms with E-state index >= 15 is 0 Å². The Hall–Kier alpha value is -3.78. The lowest BCUT2D eigenvalue weighted by Crippen LogP contribution is -2.40. The first-order chi connectivity index (χ1) is 17.9. The van der Waals surface area contributed by atoms with Crippen LogP contribution in [0.5, 0.6) is 0 Å². The van der Waals surface area contributed by atoms with Gasteiger partial charge in [0.15, 0.2) is 11.5 Å². The molecule has 8 nitrogen and oxygen atoms in total. The van der Waals surface area contributed by atoms with E-state index in [2.05, 4.69) is 41.8 Å². The molecule has 2 aromatic heterocycles. The van der Waals surface area contributed by atoms with Gasteiger partial charge in [0.2, 0.25) is 0 Å². The lowest BCUT2D eigenvalue weighted by atomic mass is 9.91. The van der Waals surface area contributed by atoms with Crippen LogP contribution < -0.4 is 10.6 Å². The summed E-state index contributed by atoms with van der Waals surface area (Å²) < 4.78 is 7.24. The van der Waals surface area contributed by atoms with Crippen molar-refractivity contribution in [2.75, 3.05) is 12.4 Å². The average Bonchev–Trinajstić information content (AvgIpc) is 3.22. The molecule has 0 unspecified atom stereocenters. The number of carbonyl (C=O) groups is 1. The number of nitrogens with one attached hydrogen (secondary N) is 2. The number of aromatic nitrogens is 4. The smallest absolute Gasteiger partial charge is 0.251 e. The number of ether oxygens (including phenoxy) is 1. The molecular weight excluding hydrogens is 464 g/mol. The van der Waals surface area contributed by atoms with Gasteiger partial charge in [0.25, 0.3) is 5.91 Å². The Kier molecular flexibility index (Phi) is 7.19. The maximum atomic E-state index is 12.7. The highest BCUT2D eigenvalue weighted by Gasteiger charge is 2.25. The fraction of sp³-hybridized carbons (Fsp3) is 0.379. The number of rotatable bonds is 7. The number of aryl methyl sites for hydroxylation is 3. The standard InChI is InChI=1S/C29H34N6O2/c1-18-5-9-21(10-6-18)29(36)31-23-13-11-22(12-14-23)30-27-26-20(3)34-35(24-15-7-19(2)8-16-24)28(26)33-25(32-27)17-37-4/h5-10,15-16,22-23H,11-14,17H2,1-4H3,(H,31,36)(H,30,32,33). The van der Waals surface area contributed by atoms with Crippen molar-refractivity contribution in [3.05, 3.63) is 76.7 Å². The molecule has 4 aromatic rings. The number of amides is 1. The normalized spacial score (nSPS) is 17.6. The molecule has 0 aliphatic heterocycles. The number of methoxy groups -OCH3 is 1. The van der Waals surface area contributed by atoms with Crippen LogP contribution in [0.3, 0.4) is 0 Å². The minimum atomic E-state index is -0.00253. The van der Waals surface area contributed by atoms with Gasteiger partial charge < -0.3 is 15.4 Å². The van der Waals surface area contributed by atoms with Gasteiger partial charge in [-0.3, -0.25) is 4.79 Å². The summed E-state index contributed by atoms with van der Waals surface area (Å²) in [6, 6.07) is 16.4. The van der Waals surface area contributed by atoms with Gasteiger partial charge in [-0.1, -0.05) is 35.4 Å². The molecule has 2 N–H and O–H groups in total. The molecule has 8 heteroatoms. The van der Waals surface area contributed by atoms with Gasteiger partial charge in [-0.2, -0.15) is 5.10 Å². The first kappa shape index (κ1) is 24.9. The summed E-state index contributed by atoms with van der Waals surface area (Å²) in [5, 5.41) is 12.6. The summed E-state index contributed by atoms with van der Waals surface area (Å²) in [5.41, 5.74) is 5.66. The van der Waals surface area contributed by atoms with Crippen molar-refractivity contribution >= 4 is 22.8 Å². The molecule has 2 aromatic carbocycles. The van der Waals surface area contributed by atoms with Crippen LogP contribution >= 0.6 is 0 Å². The molecule has 0 bridgehead atoms. The highest BCUT2D eigenvalue weighted by molar-refractivity contribution is 5.94. The summed E-state index contributed by atoms with van der Waals surface area (Å²) in [6.07, 6.45) is 3.70. The fourth-order valence-corrected chi connectivity index (χ4v) is 4.94. The van der Waals surface area contributed by atoms with Gasteiger partial charge in [0, 0.05) is 24.8 Å². The maximum absolute atomic E-state index is 12.7. The Balaban J connectivity index is 1.33. The van der Waals surface area contributed by atoms with Gasteiger partial charge in [0.1, 0.15) is 12.4 Å². The van der Waals surface area contributed by atoms with Gasteiger partial charge in [-0.05, 0) is 70.7 Å². The van der Waals surface area contributed by atoms with Crippen molar-refractivity contribution in [2.45, 2.75) is 65.1 Å². The number of carbonyl (C=O) groups excluding carboxylic acids is 1. The van der Waals surface area contributed by atoms with E-state index in [-0.39, 0.29) is 18.0 Å². The van der Waals surface area contributed by atoms with Gasteiger partial charge >= 0.3 is 0 Å². The monoisotopic (exact) mass is 498 g/mol. The SMILES string of the molecule is COCc1nc(NC2CCC(NC(=O)c3ccc(C)cc3)CC2)c2c(C)nn(-c3ccc(C)cc3)c2n1. The van der Waals surface area contributed by atoms with Gasteiger partial charge in [-0.25, -0.2) is 14.6 Å². The van der Waals surface area contributed by atoms with Crippen LogP contribution in [0.2, 0.25) is 0 Å². The third kappa shape index (κ3) is 5.49. The zero-order chi connectivity index (χ0) is 25.9. The predicted octanol–water partition coefficient (Wildman–Crippen LogP) is 5.04. The summed E-state index contributed by atoms with van der Waals surface area (Å²) in [5.74, 6) is 1.40. The van der Waals surface area contributed by atoms with E-state index in [4.69, 9.17) is 19.8 Å². The summed E-state index contributed by atoms with van der Waals surface area (Å²) in [4.78, 5) is 22.3. The number of nitrogens with zero attached hydrogens (tertiary/aromatic N) is 4. The first-order valence-corrected chi connectivity index (χ1v) is 12.9. The molecule has 1 aliphatic carbocycles. The second kappa shape index (κ2) is 10.7. The zero-order valence-corrected chi connectivity index (χ0v) is 21.9. The van der Waals surface area contributed by atoms with E-state index in [0.717, 1.165) is 59.5 Å². The highest BCUT2D eigenvalue weighted by Crippen LogP contribution is 2.30. The predicted molar refractivity (Wildman–Crippen MR) is 145 cm³/mol. The Morgan fingerprint density at radius 3 is 2.19 bits per heavy atom. The van der Waals surface area contributed by atoms with Gasteiger partial charge in [0.05, 0.1) is 16.8 Å². The molecule has 1 saturated carbocycles. The van der Waals surface area contributed by atoms with Crippen LogP contribution in [0.15, 0.2) is 48.5 Å². The van der Waals surface area contributed by atoms with E-state index in [0.29, 0.717) is 18.0 Å². The van der Waals surface area contributed by atoms with Crippen molar-refractivity contribution in [3.8, 4) is 5.69 Å². The van der Waals surface area contributed by atoms with E-state index in [1.54, 1.807) is 7.11 Å². The molecule has 192 valence electrons. The molecule has 37 heavy (non-hydrogen) atoms. The Labute approximate surface area is 217 Å². The number of benzene rings is 2. The molecule has 2 heterocycles. The molecule has 0 radical (unpaired) electrons. The Morgan fingerprint density at radius 1 is 0.919 bits per heavy atom. The fourth-order valence-electron chi connectivity index (χ4n) is 4.94. The van der Waals surface area contributed by atoms with Crippen molar-refractivity contribution in [2.24, 2.45) is 0 Å². The van der Waals surface area contributed by atoms with Crippen molar-refractivity contribution in [1.29, 1.82) is 0 Å².